The lowest BCUT2D eigenvalue weighted by Gasteiger charge is -2.08. The first kappa shape index (κ1) is 14.8. The first-order valence-corrected chi connectivity index (χ1v) is 7.19. The van der Waals surface area contributed by atoms with Crippen molar-refractivity contribution in [1.29, 1.82) is 0 Å². The Morgan fingerprint density at radius 1 is 1.09 bits per heavy atom. The predicted molar refractivity (Wildman–Crippen MR) is 89.2 cm³/mol. The number of aliphatic carboxylic acids is 1. The summed E-state index contributed by atoms with van der Waals surface area (Å²) in [5.74, 6) is -0.209. The fraction of sp³-hybridized carbons (Fsp3) is 0.0526. The third-order valence-electron chi connectivity index (χ3n) is 3.39. The van der Waals surface area contributed by atoms with Gasteiger partial charge in [-0.25, -0.2) is 4.79 Å². The number of carboxylic acid groups (broad SMARTS) is 1. The number of rotatable bonds is 5. The second-order valence-corrected chi connectivity index (χ2v) is 5.03. The summed E-state index contributed by atoms with van der Waals surface area (Å²) in [5, 5.41) is 9.65. The number of benzene rings is 2. The number of carboxylic acids is 1. The number of carbonyl (C=O) groups is 1. The Kier molecular flexibility index (Phi) is 4.34. The van der Waals surface area contributed by atoms with Crippen molar-refractivity contribution in [1.82, 2.24) is 4.98 Å². The number of ether oxygens (including phenoxy) is 1. The molecule has 1 N–H and O–H groups in total. The summed E-state index contributed by atoms with van der Waals surface area (Å²) in [6.45, 7) is 0.429. The van der Waals surface area contributed by atoms with Crippen LogP contribution in [0.2, 0.25) is 0 Å². The van der Waals surface area contributed by atoms with Gasteiger partial charge in [-0.3, -0.25) is 4.98 Å². The molecule has 0 radical (unpaired) electrons. The first-order chi connectivity index (χ1) is 11.2. The van der Waals surface area contributed by atoms with Crippen LogP contribution in [0.4, 0.5) is 0 Å². The van der Waals surface area contributed by atoms with Crippen molar-refractivity contribution in [2.45, 2.75) is 6.61 Å². The van der Waals surface area contributed by atoms with Gasteiger partial charge in [0.05, 0.1) is 0 Å². The average Bonchev–Trinajstić information content (AvgIpc) is 2.59. The zero-order valence-corrected chi connectivity index (χ0v) is 12.3. The lowest BCUT2D eigenvalue weighted by molar-refractivity contribution is -0.131. The Morgan fingerprint density at radius 3 is 2.65 bits per heavy atom. The maximum absolute atomic E-state index is 10.5. The molecule has 0 saturated carbocycles. The molecule has 0 amide bonds. The Balaban J connectivity index is 1.71. The van der Waals surface area contributed by atoms with E-state index >= 15 is 0 Å². The van der Waals surface area contributed by atoms with Crippen molar-refractivity contribution < 1.29 is 14.6 Å². The summed E-state index contributed by atoms with van der Waals surface area (Å²) in [4.78, 5) is 14.9. The van der Waals surface area contributed by atoms with Crippen LogP contribution in [0.5, 0.6) is 5.75 Å². The summed E-state index contributed by atoms with van der Waals surface area (Å²) in [7, 11) is 0. The predicted octanol–water partition coefficient (Wildman–Crippen LogP) is 3.91. The fourth-order valence-corrected chi connectivity index (χ4v) is 2.25. The van der Waals surface area contributed by atoms with Gasteiger partial charge in [0, 0.05) is 17.7 Å². The minimum absolute atomic E-state index is 0.429. The summed E-state index contributed by atoms with van der Waals surface area (Å²) < 4.78 is 5.87. The molecule has 0 bridgehead atoms. The van der Waals surface area contributed by atoms with Crippen molar-refractivity contribution >= 4 is 22.9 Å². The second kappa shape index (κ2) is 6.75. The third-order valence-corrected chi connectivity index (χ3v) is 3.39. The summed E-state index contributed by atoms with van der Waals surface area (Å²) in [6, 6.07) is 17.3. The normalized spacial score (nSPS) is 11.0. The SMILES string of the molecule is O=C(O)/C=C/c1ccc(COc2cccc3cccnc23)cc1. The van der Waals surface area contributed by atoms with Gasteiger partial charge in [-0.15, -0.1) is 0 Å². The van der Waals surface area contributed by atoms with Crippen LogP contribution in [0.1, 0.15) is 11.1 Å². The Bertz CT molecular complexity index is 849. The number of aromatic nitrogens is 1. The number of hydrogen-bond acceptors (Lipinski definition) is 3. The highest BCUT2D eigenvalue weighted by atomic mass is 16.5. The molecule has 2 aromatic carbocycles. The van der Waals surface area contributed by atoms with Crippen molar-refractivity contribution in [3.8, 4) is 5.75 Å². The van der Waals surface area contributed by atoms with Crippen LogP contribution >= 0.6 is 0 Å². The van der Waals surface area contributed by atoms with E-state index in [4.69, 9.17) is 9.84 Å². The molecule has 23 heavy (non-hydrogen) atoms. The van der Waals surface area contributed by atoms with Crippen LogP contribution in [-0.2, 0) is 11.4 Å². The minimum Gasteiger partial charge on any atom is -0.487 e. The molecule has 3 rings (SSSR count). The van der Waals surface area contributed by atoms with Crippen molar-refractivity contribution in [2.75, 3.05) is 0 Å². The van der Waals surface area contributed by atoms with E-state index in [0.29, 0.717) is 6.61 Å². The highest BCUT2D eigenvalue weighted by Crippen LogP contribution is 2.23. The van der Waals surface area contributed by atoms with E-state index in [1.807, 2.05) is 54.6 Å². The van der Waals surface area contributed by atoms with Crippen LogP contribution < -0.4 is 4.74 Å². The van der Waals surface area contributed by atoms with Gasteiger partial charge in [-0.2, -0.15) is 0 Å². The lowest BCUT2D eigenvalue weighted by Crippen LogP contribution is -1.96. The molecule has 0 atom stereocenters. The quantitative estimate of drug-likeness (QED) is 0.726. The molecule has 0 saturated heterocycles. The highest BCUT2D eigenvalue weighted by Gasteiger charge is 2.03. The van der Waals surface area contributed by atoms with Gasteiger partial charge in [-0.05, 0) is 29.3 Å². The largest absolute Gasteiger partial charge is 0.487 e. The van der Waals surface area contributed by atoms with E-state index in [-0.39, 0.29) is 0 Å². The molecule has 4 heteroatoms. The molecule has 1 heterocycles. The van der Waals surface area contributed by atoms with Crippen LogP contribution in [0.3, 0.4) is 0 Å². The van der Waals surface area contributed by atoms with E-state index < -0.39 is 5.97 Å². The molecule has 0 fully saturated rings. The maximum Gasteiger partial charge on any atom is 0.328 e. The van der Waals surface area contributed by atoms with Crippen LogP contribution in [0.15, 0.2) is 66.9 Å². The van der Waals surface area contributed by atoms with Crippen LogP contribution in [-0.4, -0.2) is 16.1 Å². The number of hydrogen-bond donors (Lipinski definition) is 1. The number of para-hydroxylation sites is 1. The minimum atomic E-state index is -0.958. The van der Waals surface area contributed by atoms with Gasteiger partial charge < -0.3 is 9.84 Å². The molecule has 0 aliphatic heterocycles. The second-order valence-electron chi connectivity index (χ2n) is 5.03. The summed E-state index contributed by atoms with van der Waals surface area (Å²) in [6.07, 6.45) is 4.42. The lowest BCUT2D eigenvalue weighted by atomic mass is 10.1. The van der Waals surface area contributed by atoms with Crippen LogP contribution in [0.25, 0.3) is 17.0 Å². The topological polar surface area (TPSA) is 59.4 Å². The van der Waals surface area contributed by atoms with E-state index in [2.05, 4.69) is 4.98 Å². The van der Waals surface area contributed by atoms with E-state index in [0.717, 1.165) is 33.9 Å². The third kappa shape index (κ3) is 3.74. The zero-order chi connectivity index (χ0) is 16.1. The highest BCUT2D eigenvalue weighted by molar-refractivity contribution is 5.85. The zero-order valence-electron chi connectivity index (χ0n) is 12.3. The Hall–Kier alpha value is -3.14. The average molecular weight is 305 g/mol. The molecule has 3 aromatic rings. The maximum atomic E-state index is 10.5. The molecular formula is C19H15NO3. The monoisotopic (exact) mass is 305 g/mol. The van der Waals surface area contributed by atoms with Gasteiger partial charge in [0.2, 0.25) is 0 Å². The fourth-order valence-electron chi connectivity index (χ4n) is 2.25. The molecule has 0 spiro atoms. The molecule has 114 valence electrons. The number of pyridine rings is 1. The molecule has 4 nitrogen and oxygen atoms in total. The van der Waals surface area contributed by atoms with E-state index in [1.54, 1.807) is 12.3 Å². The van der Waals surface area contributed by atoms with Gasteiger partial charge in [0.1, 0.15) is 17.9 Å². The van der Waals surface area contributed by atoms with Crippen LogP contribution in [0, 0.1) is 0 Å². The molecule has 0 aliphatic rings. The Morgan fingerprint density at radius 2 is 1.87 bits per heavy atom. The first-order valence-electron chi connectivity index (χ1n) is 7.19. The standard InChI is InChI=1S/C19H15NO3/c21-18(22)11-10-14-6-8-15(9-7-14)13-23-17-5-1-3-16-4-2-12-20-19(16)17/h1-12H,13H2,(H,21,22)/b11-10+. The van der Waals surface area contributed by atoms with Gasteiger partial charge in [0.25, 0.3) is 0 Å². The van der Waals surface area contributed by atoms with E-state index in [9.17, 15) is 4.79 Å². The summed E-state index contributed by atoms with van der Waals surface area (Å²) >= 11 is 0. The van der Waals surface area contributed by atoms with Gasteiger partial charge in [0.15, 0.2) is 0 Å². The number of nitrogens with zero attached hydrogens (tertiary/aromatic N) is 1. The molecule has 0 aliphatic carbocycles. The summed E-state index contributed by atoms with van der Waals surface area (Å²) in [5.41, 5.74) is 2.68. The number of fused-ring (bicyclic) bond motifs is 1. The van der Waals surface area contributed by atoms with E-state index in [1.165, 1.54) is 0 Å². The van der Waals surface area contributed by atoms with Gasteiger partial charge in [-0.1, -0.05) is 42.5 Å². The van der Waals surface area contributed by atoms with Crippen molar-refractivity contribution in [3.63, 3.8) is 0 Å². The molecule has 0 unspecified atom stereocenters. The van der Waals surface area contributed by atoms with Gasteiger partial charge >= 0.3 is 5.97 Å². The Labute approximate surface area is 133 Å². The molecule has 1 aromatic heterocycles. The van der Waals surface area contributed by atoms with Crippen molar-refractivity contribution in [3.05, 3.63) is 78.0 Å². The molecular weight excluding hydrogens is 290 g/mol. The smallest absolute Gasteiger partial charge is 0.328 e. The van der Waals surface area contributed by atoms with Crippen molar-refractivity contribution in [2.24, 2.45) is 0 Å².